The molecule has 0 spiro atoms. The fraction of sp³-hybridized carbons (Fsp3) is 0.900. The molecule has 0 bridgehead atoms. The zero-order valence-electron chi connectivity index (χ0n) is 8.26. The normalized spacial score (nSPS) is 19.3. The first-order valence-electron chi connectivity index (χ1n) is 4.95. The SMILES string of the molecule is CCC(C(=O)NC1CC1)C(C)C. The van der Waals surface area contributed by atoms with Crippen LogP contribution in [0.15, 0.2) is 0 Å². The van der Waals surface area contributed by atoms with Crippen molar-refractivity contribution in [3.05, 3.63) is 0 Å². The lowest BCUT2D eigenvalue weighted by Gasteiger charge is -2.17. The van der Waals surface area contributed by atoms with Crippen LogP contribution in [-0.2, 0) is 4.79 Å². The van der Waals surface area contributed by atoms with Crippen molar-refractivity contribution in [3.63, 3.8) is 0 Å². The maximum absolute atomic E-state index is 11.6. The summed E-state index contributed by atoms with van der Waals surface area (Å²) in [6.07, 6.45) is 3.32. The highest BCUT2D eigenvalue weighted by atomic mass is 16.2. The number of hydrogen-bond acceptors (Lipinski definition) is 1. The Bertz CT molecular complexity index is 161. The first kappa shape index (κ1) is 9.56. The van der Waals surface area contributed by atoms with Crippen LogP contribution in [0.2, 0.25) is 0 Å². The quantitative estimate of drug-likeness (QED) is 0.684. The van der Waals surface area contributed by atoms with Gasteiger partial charge in [-0.2, -0.15) is 0 Å². The van der Waals surface area contributed by atoms with Crippen LogP contribution in [-0.4, -0.2) is 11.9 Å². The second-order valence-corrected chi connectivity index (χ2v) is 4.04. The van der Waals surface area contributed by atoms with Gasteiger partial charge in [0, 0.05) is 12.0 Å². The summed E-state index contributed by atoms with van der Waals surface area (Å²) in [5, 5.41) is 3.05. The predicted octanol–water partition coefficient (Wildman–Crippen LogP) is 1.95. The molecule has 0 aliphatic heterocycles. The van der Waals surface area contributed by atoms with Gasteiger partial charge >= 0.3 is 0 Å². The topological polar surface area (TPSA) is 29.1 Å². The van der Waals surface area contributed by atoms with Gasteiger partial charge in [0.1, 0.15) is 0 Å². The summed E-state index contributed by atoms with van der Waals surface area (Å²) >= 11 is 0. The van der Waals surface area contributed by atoms with E-state index in [-0.39, 0.29) is 11.8 Å². The van der Waals surface area contributed by atoms with Crippen LogP contribution < -0.4 is 5.32 Å². The van der Waals surface area contributed by atoms with Crippen molar-refractivity contribution < 1.29 is 4.79 Å². The van der Waals surface area contributed by atoms with Gasteiger partial charge in [-0.1, -0.05) is 20.8 Å². The third-order valence-corrected chi connectivity index (χ3v) is 2.51. The van der Waals surface area contributed by atoms with Gasteiger partial charge in [0.15, 0.2) is 0 Å². The first-order chi connectivity index (χ1) is 5.65. The summed E-state index contributed by atoms with van der Waals surface area (Å²) in [6, 6.07) is 0.505. The molecule has 2 nitrogen and oxygen atoms in total. The molecule has 2 heteroatoms. The largest absolute Gasteiger partial charge is 0.353 e. The van der Waals surface area contributed by atoms with Crippen LogP contribution in [0.25, 0.3) is 0 Å². The predicted molar refractivity (Wildman–Crippen MR) is 49.8 cm³/mol. The summed E-state index contributed by atoms with van der Waals surface area (Å²) in [6.45, 7) is 6.30. The molecule has 0 aromatic heterocycles. The number of hydrogen-bond donors (Lipinski definition) is 1. The van der Waals surface area contributed by atoms with Crippen LogP contribution in [0.1, 0.15) is 40.0 Å². The molecule has 1 unspecified atom stereocenters. The van der Waals surface area contributed by atoms with Gasteiger partial charge in [-0.3, -0.25) is 4.79 Å². The molecule has 1 aliphatic carbocycles. The highest BCUT2D eigenvalue weighted by Crippen LogP contribution is 2.21. The Kier molecular flexibility index (Phi) is 3.12. The monoisotopic (exact) mass is 169 g/mol. The molecule has 1 aliphatic rings. The minimum Gasteiger partial charge on any atom is -0.353 e. The average Bonchev–Trinajstić information content (AvgIpc) is 2.71. The molecule has 0 heterocycles. The van der Waals surface area contributed by atoms with Crippen LogP contribution in [0.4, 0.5) is 0 Å². The summed E-state index contributed by atoms with van der Waals surface area (Å²) in [5.74, 6) is 0.939. The van der Waals surface area contributed by atoms with E-state index in [0.29, 0.717) is 12.0 Å². The van der Waals surface area contributed by atoms with Crippen molar-refractivity contribution in [1.82, 2.24) is 5.32 Å². The molecule has 1 N–H and O–H groups in total. The molecular weight excluding hydrogens is 150 g/mol. The maximum Gasteiger partial charge on any atom is 0.223 e. The smallest absolute Gasteiger partial charge is 0.223 e. The highest BCUT2D eigenvalue weighted by Gasteiger charge is 2.27. The van der Waals surface area contributed by atoms with Gasteiger partial charge < -0.3 is 5.32 Å². The molecule has 0 radical (unpaired) electrons. The Morgan fingerprint density at radius 3 is 2.42 bits per heavy atom. The average molecular weight is 169 g/mol. The lowest BCUT2D eigenvalue weighted by Crippen LogP contribution is -2.34. The molecule has 0 saturated heterocycles. The van der Waals surface area contributed by atoms with Crippen LogP contribution in [0, 0.1) is 11.8 Å². The maximum atomic E-state index is 11.6. The van der Waals surface area contributed by atoms with E-state index in [4.69, 9.17) is 0 Å². The fourth-order valence-corrected chi connectivity index (χ4v) is 1.50. The van der Waals surface area contributed by atoms with Gasteiger partial charge in [-0.05, 0) is 25.2 Å². The van der Waals surface area contributed by atoms with E-state index >= 15 is 0 Å². The van der Waals surface area contributed by atoms with Crippen molar-refractivity contribution in [3.8, 4) is 0 Å². The summed E-state index contributed by atoms with van der Waals surface area (Å²) in [4.78, 5) is 11.6. The second kappa shape index (κ2) is 3.92. The van der Waals surface area contributed by atoms with Crippen molar-refractivity contribution in [2.45, 2.75) is 46.1 Å². The van der Waals surface area contributed by atoms with E-state index in [1.54, 1.807) is 0 Å². The first-order valence-corrected chi connectivity index (χ1v) is 4.95. The Labute approximate surface area is 74.7 Å². The van der Waals surface area contributed by atoms with Gasteiger partial charge in [0.2, 0.25) is 5.91 Å². The van der Waals surface area contributed by atoms with Gasteiger partial charge in [-0.15, -0.1) is 0 Å². The third kappa shape index (κ3) is 2.50. The minimum absolute atomic E-state index is 0.214. The van der Waals surface area contributed by atoms with Crippen LogP contribution >= 0.6 is 0 Å². The molecule has 1 amide bonds. The highest BCUT2D eigenvalue weighted by molar-refractivity contribution is 5.79. The zero-order valence-corrected chi connectivity index (χ0v) is 8.26. The van der Waals surface area contributed by atoms with E-state index < -0.39 is 0 Å². The lowest BCUT2D eigenvalue weighted by atomic mass is 9.92. The second-order valence-electron chi connectivity index (χ2n) is 4.04. The number of nitrogens with one attached hydrogen (secondary N) is 1. The molecule has 70 valence electrons. The minimum atomic E-state index is 0.214. The molecule has 12 heavy (non-hydrogen) atoms. The molecule has 0 aromatic carbocycles. The van der Waals surface area contributed by atoms with Crippen molar-refractivity contribution in [1.29, 1.82) is 0 Å². The number of amides is 1. The van der Waals surface area contributed by atoms with E-state index in [2.05, 4.69) is 26.1 Å². The molecule has 0 aromatic rings. The lowest BCUT2D eigenvalue weighted by molar-refractivity contribution is -0.126. The number of carbonyl (C=O) groups excluding carboxylic acids is 1. The van der Waals surface area contributed by atoms with Crippen LogP contribution in [0.3, 0.4) is 0 Å². The van der Waals surface area contributed by atoms with Crippen LogP contribution in [0.5, 0.6) is 0 Å². The van der Waals surface area contributed by atoms with Crippen molar-refractivity contribution in [2.24, 2.45) is 11.8 Å². The van der Waals surface area contributed by atoms with Gasteiger partial charge in [0.25, 0.3) is 0 Å². The van der Waals surface area contributed by atoms with E-state index in [1.165, 1.54) is 12.8 Å². The molecule has 1 fully saturated rings. The zero-order chi connectivity index (χ0) is 9.14. The summed E-state index contributed by atoms with van der Waals surface area (Å²) in [7, 11) is 0. The number of carbonyl (C=O) groups is 1. The summed E-state index contributed by atoms with van der Waals surface area (Å²) < 4.78 is 0. The fourth-order valence-electron chi connectivity index (χ4n) is 1.50. The van der Waals surface area contributed by atoms with Gasteiger partial charge in [-0.25, -0.2) is 0 Å². The number of rotatable bonds is 4. The molecule has 1 rings (SSSR count). The Morgan fingerprint density at radius 1 is 1.50 bits per heavy atom. The Morgan fingerprint density at radius 2 is 2.08 bits per heavy atom. The Hall–Kier alpha value is -0.530. The summed E-state index contributed by atoms with van der Waals surface area (Å²) in [5.41, 5.74) is 0. The molecule has 1 atom stereocenters. The van der Waals surface area contributed by atoms with Gasteiger partial charge in [0.05, 0.1) is 0 Å². The van der Waals surface area contributed by atoms with Crippen molar-refractivity contribution >= 4 is 5.91 Å². The molecular formula is C10H19NO. The van der Waals surface area contributed by atoms with E-state index in [0.717, 1.165) is 6.42 Å². The Balaban J connectivity index is 2.35. The van der Waals surface area contributed by atoms with Crippen molar-refractivity contribution in [2.75, 3.05) is 0 Å². The van der Waals surface area contributed by atoms with E-state index in [1.807, 2.05) is 0 Å². The molecule has 1 saturated carbocycles. The van der Waals surface area contributed by atoms with E-state index in [9.17, 15) is 4.79 Å². The standard InChI is InChI=1S/C10H19NO/c1-4-9(7(2)3)10(12)11-8-5-6-8/h7-9H,4-6H2,1-3H3,(H,11,12). The third-order valence-electron chi connectivity index (χ3n) is 2.51.